The average molecular weight is 398 g/mol. The summed E-state index contributed by atoms with van der Waals surface area (Å²) in [7, 11) is 0. The number of para-hydroxylation sites is 1. The molecule has 0 fully saturated rings. The van der Waals surface area contributed by atoms with Crippen molar-refractivity contribution in [2.24, 2.45) is 0 Å². The summed E-state index contributed by atoms with van der Waals surface area (Å²) >= 11 is 1.44. The summed E-state index contributed by atoms with van der Waals surface area (Å²) in [6.45, 7) is 11.2. The molecule has 2 heterocycles. The first-order valence-corrected chi connectivity index (χ1v) is 10.3. The molecule has 1 unspecified atom stereocenters. The van der Waals surface area contributed by atoms with Crippen LogP contribution >= 0.6 is 11.3 Å². The van der Waals surface area contributed by atoms with E-state index in [1.165, 1.54) is 11.3 Å². The summed E-state index contributed by atoms with van der Waals surface area (Å²) in [6, 6.07) is 10.0. The average Bonchev–Trinajstić information content (AvgIpc) is 3.21. The maximum Gasteiger partial charge on any atom is 0.261 e. The molecule has 3 rings (SSSR count). The lowest BCUT2D eigenvalue weighted by Gasteiger charge is -2.14. The number of nitrogens with one attached hydrogen (secondary N) is 1. The van der Waals surface area contributed by atoms with Crippen LogP contribution in [0.3, 0.4) is 0 Å². The Labute approximate surface area is 170 Å². The number of hydrogen-bond acceptors (Lipinski definition) is 4. The number of nitrogens with zero attached hydrogens (tertiary/aromatic N) is 2. The Morgan fingerprint density at radius 2 is 1.93 bits per heavy atom. The first-order chi connectivity index (χ1) is 13.3. The summed E-state index contributed by atoms with van der Waals surface area (Å²) in [4.78, 5) is 13.3. The Bertz CT molecular complexity index is 954. The van der Waals surface area contributed by atoms with Gasteiger partial charge in [0, 0.05) is 17.3 Å². The lowest BCUT2D eigenvalue weighted by atomic mass is 10.1. The van der Waals surface area contributed by atoms with Gasteiger partial charge in [0.05, 0.1) is 17.1 Å². The molecule has 28 heavy (non-hydrogen) atoms. The van der Waals surface area contributed by atoms with Crippen molar-refractivity contribution in [2.75, 3.05) is 0 Å². The Kier molecular flexibility index (Phi) is 6.19. The van der Waals surface area contributed by atoms with Gasteiger partial charge in [0.2, 0.25) is 0 Å². The smallest absolute Gasteiger partial charge is 0.261 e. The molecule has 0 radical (unpaired) electrons. The van der Waals surface area contributed by atoms with Gasteiger partial charge in [0.1, 0.15) is 12.4 Å². The topological polar surface area (TPSA) is 56.2 Å². The Morgan fingerprint density at radius 3 is 2.57 bits per heavy atom. The van der Waals surface area contributed by atoms with Gasteiger partial charge in [-0.2, -0.15) is 5.10 Å². The summed E-state index contributed by atoms with van der Waals surface area (Å²) < 4.78 is 7.91. The number of ether oxygens (including phenoxy) is 1. The van der Waals surface area contributed by atoms with E-state index < -0.39 is 0 Å². The third-order valence-corrected chi connectivity index (χ3v) is 5.57. The van der Waals surface area contributed by atoms with Crippen LogP contribution in [0, 0.1) is 27.7 Å². The van der Waals surface area contributed by atoms with Crippen LogP contribution in [0.1, 0.15) is 44.7 Å². The second-order valence-electron chi connectivity index (χ2n) is 7.31. The van der Waals surface area contributed by atoms with E-state index >= 15 is 0 Å². The van der Waals surface area contributed by atoms with E-state index in [9.17, 15) is 4.79 Å². The van der Waals surface area contributed by atoms with E-state index in [2.05, 4.69) is 10.4 Å². The van der Waals surface area contributed by atoms with Crippen molar-refractivity contribution in [1.82, 2.24) is 15.1 Å². The molecule has 5 nitrogen and oxygen atoms in total. The van der Waals surface area contributed by atoms with Crippen LogP contribution < -0.4 is 10.1 Å². The zero-order valence-corrected chi connectivity index (χ0v) is 17.9. The van der Waals surface area contributed by atoms with E-state index in [1.807, 2.05) is 75.0 Å². The lowest BCUT2D eigenvalue weighted by molar-refractivity contribution is 0.0940. The monoisotopic (exact) mass is 397 g/mol. The standard InChI is InChI=1S/C22H27N3O2S/c1-14-7-6-8-15(2)21(14)27-12-19-10-20(28-13-19)22(26)23-17(4)11-25-18(5)9-16(3)24-25/h6-10,13,17H,11-12H2,1-5H3,(H,23,26). The Balaban J connectivity index is 1.57. The zero-order valence-electron chi connectivity index (χ0n) is 17.1. The van der Waals surface area contributed by atoms with Crippen LogP contribution in [0.15, 0.2) is 35.7 Å². The number of carbonyl (C=O) groups excluding carboxylic acids is 1. The highest BCUT2D eigenvalue weighted by Gasteiger charge is 2.14. The number of aryl methyl sites for hydroxylation is 4. The highest BCUT2D eigenvalue weighted by molar-refractivity contribution is 7.12. The fourth-order valence-corrected chi connectivity index (χ4v) is 4.01. The molecule has 0 saturated carbocycles. The maximum absolute atomic E-state index is 12.6. The van der Waals surface area contributed by atoms with Gasteiger partial charge in [0.25, 0.3) is 5.91 Å². The van der Waals surface area contributed by atoms with Crippen LogP contribution in [0.2, 0.25) is 0 Å². The molecule has 3 aromatic rings. The van der Waals surface area contributed by atoms with E-state index in [1.54, 1.807) is 0 Å². The van der Waals surface area contributed by atoms with Crippen LogP contribution in [-0.2, 0) is 13.2 Å². The molecule has 1 amide bonds. The molecule has 148 valence electrons. The summed E-state index contributed by atoms with van der Waals surface area (Å²) in [6.07, 6.45) is 0. The lowest BCUT2D eigenvalue weighted by Crippen LogP contribution is -2.35. The zero-order chi connectivity index (χ0) is 20.3. The van der Waals surface area contributed by atoms with Crippen LogP contribution in [-0.4, -0.2) is 21.7 Å². The summed E-state index contributed by atoms with van der Waals surface area (Å²) in [5, 5.41) is 9.49. The largest absolute Gasteiger partial charge is 0.488 e. The molecule has 6 heteroatoms. The Hall–Kier alpha value is -2.60. The van der Waals surface area contributed by atoms with Crippen molar-refractivity contribution >= 4 is 17.2 Å². The first kappa shape index (κ1) is 20.1. The van der Waals surface area contributed by atoms with Crippen LogP contribution in [0.5, 0.6) is 5.75 Å². The number of carbonyl (C=O) groups is 1. The van der Waals surface area contributed by atoms with E-state index in [-0.39, 0.29) is 11.9 Å². The van der Waals surface area contributed by atoms with Gasteiger partial charge in [-0.15, -0.1) is 11.3 Å². The molecule has 1 atom stereocenters. The van der Waals surface area contributed by atoms with Crippen molar-refractivity contribution in [1.29, 1.82) is 0 Å². The Morgan fingerprint density at radius 1 is 1.21 bits per heavy atom. The maximum atomic E-state index is 12.6. The first-order valence-electron chi connectivity index (χ1n) is 9.42. The van der Waals surface area contributed by atoms with Crippen molar-refractivity contribution in [3.63, 3.8) is 0 Å². The molecule has 0 bridgehead atoms. The van der Waals surface area contributed by atoms with Crippen molar-refractivity contribution in [3.05, 3.63) is 68.7 Å². The predicted molar refractivity (Wildman–Crippen MR) is 113 cm³/mol. The van der Waals surface area contributed by atoms with Crippen LogP contribution in [0.25, 0.3) is 0 Å². The van der Waals surface area contributed by atoms with Gasteiger partial charge in [-0.1, -0.05) is 18.2 Å². The minimum Gasteiger partial charge on any atom is -0.488 e. The molecule has 0 aliphatic rings. The summed E-state index contributed by atoms with van der Waals surface area (Å²) in [5.74, 6) is 0.857. The van der Waals surface area contributed by atoms with Crippen molar-refractivity contribution in [3.8, 4) is 5.75 Å². The molecular formula is C22H27N3O2S. The summed E-state index contributed by atoms with van der Waals surface area (Å²) in [5.41, 5.74) is 5.32. The quantitative estimate of drug-likeness (QED) is 0.635. The number of rotatable bonds is 7. The van der Waals surface area contributed by atoms with Gasteiger partial charge in [-0.05, 0) is 63.3 Å². The van der Waals surface area contributed by atoms with Gasteiger partial charge >= 0.3 is 0 Å². The molecule has 2 aromatic heterocycles. The van der Waals surface area contributed by atoms with Crippen molar-refractivity contribution in [2.45, 2.75) is 53.8 Å². The minimum absolute atomic E-state index is 0.0121. The fraction of sp³-hybridized carbons (Fsp3) is 0.364. The second-order valence-corrected chi connectivity index (χ2v) is 8.22. The number of aromatic nitrogens is 2. The van der Waals surface area contributed by atoms with E-state index in [0.29, 0.717) is 18.0 Å². The van der Waals surface area contributed by atoms with E-state index in [4.69, 9.17) is 4.74 Å². The van der Waals surface area contributed by atoms with Crippen molar-refractivity contribution < 1.29 is 9.53 Å². The second kappa shape index (κ2) is 8.61. The number of benzene rings is 1. The molecule has 0 spiro atoms. The third kappa shape index (κ3) is 4.81. The fourth-order valence-electron chi connectivity index (χ4n) is 3.21. The molecule has 0 aliphatic heterocycles. The van der Waals surface area contributed by atoms with Gasteiger partial charge in [-0.25, -0.2) is 0 Å². The SMILES string of the molecule is Cc1cc(C)n(CC(C)NC(=O)c2cc(COc3c(C)cccc3C)cs2)n1. The number of hydrogen-bond donors (Lipinski definition) is 1. The van der Waals surface area contributed by atoms with E-state index in [0.717, 1.165) is 33.8 Å². The molecule has 1 N–H and O–H groups in total. The molecule has 0 aliphatic carbocycles. The third-order valence-electron chi connectivity index (χ3n) is 4.60. The van der Waals surface area contributed by atoms with Gasteiger partial charge < -0.3 is 10.1 Å². The predicted octanol–water partition coefficient (Wildman–Crippen LogP) is 4.58. The minimum atomic E-state index is -0.0580. The van der Waals surface area contributed by atoms with Gasteiger partial charge in [-0.3, -0.25) is 9.48 Å². The highest BCUT2D eigenvalue weighted by atomic mass is 32.1. The van der Waals surface area contributed by atoms with Crippen LogP contribution in [0.4, 0.5) is 0 Å². The highest BCUT2D eigenvalue weighted by Crippen LogP contribution is 2.24. The normalized spacial score (nSPS) is 12.0. The molecule has 0 saturated heterocycles. The van der Waals surface area contributed by atoms with Gasteiger partial charge in [0.15, 0.2) is 0 Å². The number of amides is 1. The molecule has 1 aromatic carbocycles. The molecular weight excluding hydrogens is 370 g/mol. The number of thiophene rings is 1.